The van der Waals surface area contributed by atoms with Gasteiger partial charge in [-0.1, -0.05) is 6.92 Å². The van der Waals surface area contributed by atoms with Gasteiger partial charge in [-0.15, -0.1) is 0 Å². The van der Waals surface area contributed by atoms with Gasteiger partial charge in [0.25, 0.3) is 6.43 Å². The number of aromatic nitrogens is 1. The molecule has 1 saturated carbocycles. The summed E-state index contributed by atoms with van der Waals surface area (Å²) in [6.45, 7) is 3.01. The van der Waals surface area contributed by atoms with E-state index in [0.29, 0.717) is 31.1 Å². The number of likely N-dealkylation sites (tertiary alicyclic amines) is 1. The number of amides is 1. The summed E-state index contributed by atoms with van der Waals surface area (Å²) in [5, 5.41) is 8.94. The van der Waals surface area contributed by atoms with E-state index in [-0.39, 0.29) is 17.1 Å². The summed E-state index contributed by atoms with van der Waals surface area (Å²) in [5.74, 6) is 0.401. The average Bonchev–Trinajstić information content (AvgIpc) is 2.53. The smallest absolute Gasteiger partial charge is 0.407 e. The summed E-state index contributed by atoms with van der Waals surface area (Å²) >= 11 is 0. The van der Waals surface area contributed by atoms with Gasteiger partial charge in [-0.25, -0.2) is 18.6 Å². The summed E-state index contributed by atoms with van der Waals surface area (Å²) in [7, 11) is 0. The van der Waals surface area contributed by atoms with Crippen LogP contribution in [0.1, 0.15) is 50.3 Å². The molecule has 2 aliphatic rings. The van der Waals surface area contributed by atoms with Gasteiger partial charge in [-0.3, -0.25) is 0 Å². The van der Waals surface area contributed by atoms with Gasteiger partial charge in [0.2, 0.25) is 5.88 Å². The Bertz CT molecular complexity index is 608. The van der Waals surface area contributed by atoms with E-state index in [1.54, 1.807) is 6.92 Å². The Balaban J connectivity index is 1.56. The fourth-order valence-electron chi connectivity index (χ4n) is 3.75. The Labute approximate surface area is 139 Å². The number of alkyl halides is 2. The molecule has 2 fully saturated rings. The third kappa shape index (κ3) is 3.30. The maximum Gasteiger partial charge on any atom is 0.407 e. The van der Waals surface area contributed by atoms with Crippen molar-refractivity contribution in [2.24, 2.45) is 5.41 Å². The molecule has 0 aromatic carbocycles. The molecule has 3 rings (SSSR count). The van der Waals surface area contributed by atoms with E-state index in [0.717, 1.165) is 25.7 Å². The van der Waals surface area contributed by atoms with Crippen LogP contribution in [0.4, 0.5) is 13.6 Å². The minimum Gasteiger partial charge on any atom is -0.474 e. The molecule has 0 unspecified atom stereocenters. The highest BCUT2D eigenvalue weighted by Crippen LogP contribution is 2.44. The van der Waals surface area contributed by atoms with Crippen LogP contribution in [-0.4, -0.2) is 40.3 Å². The van der Waals surface area contributed by atoms with E-state index in [2.05, 4.69) is 4.98 Å². The Morgan fingerprint density at radius 3 is 2.62 bits per heavy atom. The van der Waals surface area contributed by atoms with Crippen LogP contribution in [0.5, 0.6) is 5.88 Å². The van der Waals surface area contributed by atoms with E-state index in [9.17, 15) is 13.6 Å². The summed E-state index contributed by atoms with van der Waals surface area (Å²) in [6, 6.07) is 2.91. The first-order valence-electron chi connectivity index (χ1n) is 8.35. The topological polar surface area (TPSA) is 62.7 Å². The lowest BCUT2D eigenvalue weighted by Gasteiger charge is -2.52. The van der Waals surface area contributed by atoms with Crippen molar-refractivity contribution in [3.8, 4) is 5.88 Å². The van der Waals surface area contributed by atoms with Crippen molar-refractivity contribution in [3.05, 3.63) is 23.4 Å². The SMILES string of the molecule is CCc1nc(OC2CCC3(CC2)CN(C(=O)O)C3)ccc1C(F)F. The van der Waals surface area contributed by atoms with Gasteiger partial charge in [0, 0.05) is 30.1 Å². The first-order chi connectivity index (χ1) is 11.4. The lowest BCUT2D eigenvalue weighted by atomic mass is 9.68. The molecular formula is C17H22F2N2O3. The summed E-state index contributed by atoms with van der Waals surface area (Å²) < 4.78 is 31.7. The second-order valence-electron chi connectivity index (χ2n) is 6.80. The molecule has 2 heterocycles. The average molecular weight is 340 g/mol. The highest BCUT2D eigenvalue weighted by molar-refractivity contribution is 5.66. The number of ether oxygens (including phenoxy) is 1. The van der Waals surface area contributed by atoms with Gasteiger partial charge < -0.3 is 14.7 Å². The van der Waals surface area contributed by atoms with E-state index in [1.807, 2.05) is 0 Å². The summed E-state index contributed by atoms with van der Waals surface area (Å²) in [6.07, 6.45) is 0.621. The second kappa shape index (κ2) is 6.53. The lowest BCUT2D eigenvalue weighted by molar-refractivity contribution is -0.0374. The van der Waals surface area contributed by atoms with Crippen LogP contribution in [0.3, 0.4) is 0 Å². The van der Waals surface area contributed by atoms with E-state index < -0.39 is 12.5 Å². The van der Waals surface area contributed by atoms with Crippen LogP contribution in [0.25, 0.3) is 0 Å². The first kappa shape index (κ1) is 16.9. The van der Waals surface area contributed by atoms with Crippen molar-refractivity contribution in [1.29, 1.82) is 0 Å². The molecule has 1 N–H and O–H groups in total. The van der Waals surface area contributed by atoms with Gasteiger partial charge in [0.05, 0.1) is 5.69 Å². The van der Waals surface area contributed by atoms with Crippen LogP contribution in [0.2, 0.25) is 0 Å². The number of aryl methyl sites for hydroxylation is 1. The van der Waals surface area contributed by atoms with Gasteiger partial charge in [0.1, 0.15) is 6.10 Å². The monoisotopic (exact) mass is 340 g/mol. The number of halogens is 2. The lowest BCUT2D eigenvalue weighted by Crippen LogP contribution is -2.59. The number of nitrogens with zero attached hydrogens (tertiary/aromatic N) is 2. The predicted octanol–water partition coefficient (Wildman–Crippen LogP) is 3.88. The molecule has 1 spiro atoms. The van der Waals surface area contributed by atoms with Crippen molar-refractivity contribution < 1.29 is 23.4 Å². The van der Waals surface area contributed by atoms with Gasteiger partial charge in [0.15, 0.2) is 0 Å². The van der Waals surface area contributed by atoms with Crippen molar-refractivity contribution in [1.82, 2.24) is 9.88 Å². The molecule has 0 bridgehead atoms. The highest BCUT2D eigenvalue weighted by Gasteiger charge is 2.47. The standard InChI is InChI=1S/C17H22F2N2O3/c1-2-13-12(15(18)19)3-4-14(20-13)24-11-5-7-17(8-6-11)9-21(10-17)16(22)23/h3-4,11,15H,2,5-10H2,1H3,(H,22,23). The molecular weight excluding hydrogens is 318 g/mol. The van der Waals surface area contributed by atoms with Gasteiger partial charge in [-0.2, -0.15) is 0 Å². The number of carboxylic acid groups (broad SMARTS) is 1. The molecule has 0 radical (unpaired) electrons. The molecule has 0 atom stereocenters. The molecule has 1 amide bonds. The maximum absolute atomic E-state index is 12.9. The number of carbonyl (C=O) groups is 1. The van der Waals surface area contributed by atoms with E-state index in [4.69, 9.17) is 9.84 Å². The van der Waals surface area contributed by atoms with Crippen LogP contribution in [0.15, 0.2) is 12.1 Å². The Morgan fingerprint density at radius 2 is 2.08 bits per heavy atom. The van der Waals surface area contributed by atoms with Crippen LogP contribution in [-0.2, 0) is 6.42 Å². The molecule has 1 aromatic heterocycles. The predicted molar refractivity (Wildman–Crippen MR) is 83.5 cm³/mol. The zero-order valence-corrected chi connectivity index (χ0v) is 13.7. The molecule has 5 nitrogen and oxygen atoms in total. The second-order valence-corrected chi connectivity index (χ2v) is 6.80. The van der Waals surface area contributed by atoms with Crippen molar-refractivity contribution in [3.63, 3.8) is 0 Å². The van der Waals surface area contributed by atoms with E-state index in [1.165, 1.54) is 17.0 Å². The quantitative estimate of drug-likeness (QED) is 0.903. The first-order valence-corrected chi connectivity index (χ1v) is 8.35. The van der Waals surface area contributed by atoms with Gasteiger partial charge >= 0.3 is 6.09 Å². The molecule has 24 heavy (non-hydrogen) atoms. The van der Waals surface area contributed by atoms with Crippen LogP contribution < -0.4 is 4.74 Å². The minimum atomic E-state index is -2.52. The molecule has 7 heteroatoms. The van der Waals surface area contributed by atoms with Gasteiger partial charge in [-0.05, 0) is 38.2 Å². The van der Waals surface area contributed by atoms with Crippen LogP contribution in [0, 0.1) is 5.41 Å². The maximum atomic E-state index is 12.9. The minimum absolute atomic E-state index is 0.0177. The Kier molecular flexibility index (Phi) is 4.60. The molecule has 132 valence electrons. The van der Waals surface area contributed by atoms with Crippen molar-refractivity contribution in [2.75, 3.05) is 13.1 Å². The molecule has 1 aliphatic carbocycles. The largest absolute Gasteiger partial charge is 0.474 e. The molecule has 1 aliphatic heterocycles. The normalized spacial score (nSPS) is 20.2. The van der Waals surface area contributed by atoms with Crippen molar-refractivity contribution >= 4 is 6.09 Å². The Hall–Kier alpha value is -1.92. The molecule has 1 aromatic rings. The number of pyridine rings is 1. The third-order valence-electron chi connectivity index (χ3n) is 5.16. The zero-order chi connectivity index (χ0) is 17.3. The fraction of sp³-hybridized carbons (Fsp3) is 0.647. The summed E-state index contributed by atoms with van der Waals surface area (Å²) in [5.41, 5.74) is 0.460. The number of hydrogen-bond donors (Lipinski definition) is 1. The Morgan fingerprint density at radius 1 is 1.42 bits per heavy atom. The van der Waals surface area contributed by atoms with Crippen LogP contribution >= 0.6 is 0 Å². The number of rotatable bonds is 4. The highest BCUT2D eigenvalue weighted by atomic mass is 19.3. The fourth-order valence-corrected chi connectivity index (χ4v) is 3.75. The molecule has 1 saturated heterocycles. The zero-order valence-electron chi connectivity index (χ0n) is 13.7. The third-order valence-corrected chi connectivity index (χ3v) is 5.16. The summed E-state index contributed by atoms with van der Waals surface area (Å²) in [4.78, 5) is 16.6. The van der Waals surface area contributed by atoms with Crippen molar-refractivity contribution in [2.45, 2.75) is 51.6 Å². The number of hydrogen-bond acceptors (Lipinski definition) is 3. The van der Waals surface area contributed by atoms with E-state index >= 15 is 0 Å².